The first-order chi connectivity index (χ1) is 9.05. The predicted molar refractivity (Wildman–Crippen MR) is 69.3 cm³/mol. The maximum atomic E-state index is 12.1. The minimum Gasteiger partial charge on any atom is -0.406 e. The van der Waals surface area contributed by atoms with Crippen molar-refractivity contribution < 1.29 is 22.7 Å². The molecule has 0 spiro atoms. The first kappa shape index (κ1) is 16.3. The Morgan fingerprint density at radius 3 is 2.55 bits per heavy atom. The topological polar surface area (TPSA) is 64.4 Å². The molecule has 0 unspecified atom stereocenters. The van der Waals surface area contributed by atoms with Crippen LogP contribution in [-0.4, -0.2) is 17.8 Å². The molecular formula is C13H17F3N2O2. The summed E-state index contributed by atoms with van der Waals surface area (Å²) in [4.78, 5) is 11.6. The highest BCUT2D eigenvalue weighted by atomic mass is 19.4. The third-order valence-electron chi connectivity index (χ3n) is 2.35. The van der Waals surface area contributed by atoms with Gasteiger partial charge >= 0.3 is 6.36 Å². The lowest BCUT2D eigenvalue weighted by molar-refractivity contribution is -0.274. The molecule has 0 saturated carbocycles. The molecule has 0 radical (unpaired) electrons. The number of hydrogen-bond donors (Lipinski definition) is 2. The predicted octanol–water partition coefficient (Wildman–Crippen LogP) is 3.04. The van der Waals surface area contributed by atoms with Crippen LogP contribution in [0.5, 0.6) is 5.75 Å². The van der Waals surface area contributed by atoms with Crippen LogP contribution in [0.25, 0.3) is 0 Å². The van der Waals surface area contributed by atoms with E-state index in [0.717, 1.165) is 12.1 Å². The van der Waals surface area contributed by atoms with Gasteiger partial charge in [0.15, 0.2) is 0 Å². The van der Waals surface area contributed by atoms with Gasteiger partial charge in [-0.15, -0.1) is 13.2 Å². The molecular weight excluding hydrogens is 273 g/mol. The molecule has 0 atom stereocenters. The van der Waals surface area contributed by atoms with Crippen LogP contribution in [0.2, 0.25) is 0 Å². The maximum Gasteiger partial charge on any atom is 0.573 e. The quantitative estimate of drug-likeness (QED) is 0.876. The van der Waals surface area contributed by atoms with E-state index < -0.39 is 11.9 Å². The molecule has 0 aromatic heterocycles. The molecule has 0 aliphatic rings. The SMILES string of the molecule is CC(C)(N)CCC(=O)Nc1cccc(OC(F)(F)F)c1. The monoisotopic (exact) mass is 290 g/mol. The summed E-state index contributed by atoms with van der Waals surface area (Å²) in [7, 11) is 0. The van der Waals surface area contributed by atoms with Crippen LogP contribution in [0.3, 0.4) is 0 Å². The van der Waals surface area contributed by atoms with Gasteiger partial charge < -0.3 is 15.8 Å². The maximum absolute atomic E-state index is 12.1. The molecule has 0 saturated heterocycles. The number of anilines is 1. The van der Waals surface area contributed by atoms with Gasteiger partial charge in [0.25, 0.3) is 0 Å². The molecule has 1 rings (SSSR count). The number of benzene rings is 1. The second-order valence-electron chi connectivity index (χ2n) is 5.11. The van der Waals surface area contributed by atoms with Gasteiger partial charge in [0.2, 0.25) is 5.91 Å². The number of ether oxygens (including phenoxy) is 1. The van der Waals surface area contributed by atoms with Crippen LogP contribution < -0.4 is 15.8 Å². The van der Waals surface area contributed by atoms with Crippen LogP contribution in [0.1, 0.15) is 26.7 Å². The second-order valence-corrected chi connectivity index (χ2v) is 5.11. The van der Waals surface area contributed by atoms with E-state index in [-0.39, 0.29) is 23.8 Å². The molecule has 7 heteroatoms. The first-order valence-corrected chi connectivity index (χ1v) is 6.00. The van der Waals surface area contributed by atoms with Crippen molar-refractivity contribution in [2.75, 3.05) is 5.32 Å². The van der Waals surface area contributed by atoms with Crippen molar-refractivity contribution in [2.45, 2.75) is 38.6 Å². The summed E-state index contributed by atoms with van der Waals surface area (Å²) >= 11 is 0. The fourth-order valence-electron chi connectivity index (χ4n) is 1.43. The highest BCUT2D eigenvalue weighted by Crippen LogP contribution is 2.25. The van der Waals surface area contributed by atoms with Crippen molar-refractivity contribution in [3.63, 3.8) is 0 Å². The van der Waals surface area contributed by atoms with Gasteiger partial charge in [-0.05, 0) is 32.4 Å². The van der Waals surface area contributed by atoms with E-state index in [0.29, 0.717) is 6.42 Å². The lowest BCUT2D eigenvalue weighted by atomic mass is 10.00. The smallest absolute Gasteiger partial charge is 0.406 e. The molecule has 1 amide bonds. The van der Waals surface area contributed by atoms with Gasteiger partial charge in [0, 0.05) is 23.7 Å². The van der Waals surface area contributed by atoms with Crippen LogP contribution in [0, 0.1) is 0 Å². The number of nitrogens with two attached hydrogens (primary N) is 1. The molecule has 1 aromatic carbocycles. The van der Waals surface area contributed by atoms with Crippen LogP contribution in [-0.2, 0) is 4.79 Å². The first-order valence-electron chi connectivity index (χ1n) is 6.00. The summed E-state index contributed by atoms with van der Waals surface area (Å²) in [5.74, 6) is -0.692. The van der Waals surface area contributed by atoms with Crippen LogP contribution in [0.4, 0.5) is 18.9 Å². The molecule has 0 aliphatic heterocycles. The molecule has 0 heterocycles. The van der Waals surface area contributed by atoms with E-state index in [2.05, 4.69) is 10.1 Å². The summed E-state index contributed by atoms with van der Waals surface area (Å²) in [5.41, 5.74) is 5.51. The third kappa shape index (κ3) is 6.98. The number of carbonyl (C=O) groups excluding carboxylic acids is 1. The Kier molecular flexibility index (Phi) is 4.99. The molecule has 0 aliphatic carbocycles. The third-order valence-corrected chi connectivity index (χ3v) is 2.35. The van der Waals surface area contributed by atoms with Crippen LogP contribution in [0.15, 0.2) is 24.3 Å². The Hall–Kier alpha value is -1.76. The van der Waals surface area contributed by atoms with Crippen molar-refractivity contribution in [1.82, 2.24) is 0 Å². The molecule has 4 nitrogen and oxygen atoms in total. The number of nitrogens with one attached hydrogen (secondary N) is 1. The number of halogens is 3. The fraction of sp³-hybridized carbons (Fsp3) is 0.462. The van der Waals surface area contributed by atoms with Crippen molar-refractivity contribution in [2.24, 2.45) is 5.73 Å². The lowest BCUT2D eigenvalue weighted by Gasteiger charge is -2.17. The number of hydrogen-bond acceptors (Lipinski definition) is 3. The molecule has 3 N–H and O–H groups in total. The van der Waals surface area contributed by atoms with E-state index in [1.54, 1.807) is 13.8 Å². The van der Waals surface area contributed by atoms with Gasteiger partial charge in [0.05, 0.1) is 0 Å². The molecule has 0 fully saturated rings. The summed E-state index contributed by atoms with van der Waals surface area (Å²) in [6, 6.07) is 5.11. The van der Waals surface area contributed by atoms with Crippen molar-refractivity contribution >= 4 is 11.6 Å². The number of amides is 1. The Labute approximate surface area is 115 Å². The minimum absolute atomic E-state index is 0.188. The summed E-state index contributed by atoms with van der Waals surface area (Å²) in [5, 5.41) is 2.50. The largest absolute Gasteiger partial charge is 0.573 e. The molecule has 0 bridgehead atoms. The van der Waals surface area contributed by atoms with Crippen molar-refractivity contribution in [3.05, 3.63) is 24.3 Å². The Morgan fingerprint density at radius 1 is 1.35 bits per heavy atom. The average molecular weight is 290 g/mol. The van der Waals surface area contributed by atoms with E-state index in [1.807, 2.05) is 0 Å². The molecule has 1 aromatic rings. The van der Waals surface area contributed by atoms with Gasteiger partial charge in [-0.1, -0.05) is 6.07 Å². The number of carbonyl (C=O) groups is 1. The summed E-state index contributed by atoms with van der Waals surface area (Å²) in [6.45, 7) is 3.58. The van der Waals surface area contributed by atoms with Gasteiger partial charge in [0.1, 0.15) is 5.75 Å². The Morgan fingerprint density at radius 2 is 2.00 bits per heavy atom. The number of rotatable bonds is 5. The highest BCUT2D eigenvalue weighted by Gasteiger charge is 2.31. The van der Waals surface area contributed by atoms with E-state index in [9.17, 15) is 18.0 Å². The average Bonchev–Trinajstić information content (AvgIpc) is 2.23. The standard InChI is InChI=1S/C13H17F3N2O2/c1-12(2,17)7-6-11(19)18-9-4-3-5-10(8-9)20-13(14,15)16/h3-5,8H,6-7,17H2,1-2H3,(H,18,19). The van der Waals surface area contributed by atoms with Gasteiger partial charge in [-0.2, -0.15) is 0 Å². The van der Waals surface area contributed by atoms with Crippen molar-refractivity contribution in [3.8, 4) is 5.75 Å². The summed E-state index contributed by atoms with van der Waals surface area (Å²) < 4.78 is 40.0. The van der Waals surface area contributed by atoms with Crippen LogP contribution >= 0.6 is 0 Å². The fourth-order valence-corrected chi connectivity index (χ4v) is 1.43. The normalized spacial score (nSPS) is 12.1. The van der Waals surface area contributed by atoms with Crippen molar-refractivity contribution in [1.29, 1.82) is 0 Å². The van der Waals surface area contributed by atoms with E-state index in [4.69, 9.17) is 5.73 Å². The highest BCUT2D eigenvalue weighted by molar-refractivity contribution is 5.90. The Balaban J connectivity index is 2.60. The lowest BCUT2D eigenvalue weighted by Crippen LogP contribution is -2.33. The van der Waals surface area contributed by atoms with E-state index >= 15 is 0 Å². The zero-order valence-corrected chi connectivity index (χ0v) is 11.3. The van der Waals surface area contributed by atoms with E-state index in [1.165, 1.54) is 12.1 Å². The summed E-state index contributed by atoms with van der Waals surface area (Å²) in [6.07, 6.45) is -4.10. The van der Waals surface area contributed by atoms with Gasteiger partial charge in [-0.3, -0.25) is 4.79 Å². The molecule has 20 heavy (non-hydrogen) atoms. The Bertz CT molecular complexity index is 467. The second kappa shape index (κ2) is 6.13. The zero-order chi connectivity index (χ0) is 15.4. The molecule has 112 valence electrons. The minimum atomic E-state index is -4.76. The zero-order valence-electron chi connectivity index (χ0n) is 11.3. The van der Waals surface area contributed by atoms with Gasteiger partial charge in [-0.25, -0.2) is 0 Å². The number of alkyl halides is 3.